The second kappa shape index (κ2) is 7.70. The number of hydrogen-bond donors (Lipinski definition) is 0. The van der Waals surface area contributed by atoms with Crippen molar-refractivity contribution in [3.05, 3.63) is 33.8 Å². The molecule has 0 aliphatic carbocycles. The molecule has 0 aromatic heterocycles. The van der Waals surface area contributed by atoms with Crippen LogP contribution in [0, 0.1) is 0 Å². The number of carbonyl (C=O) groups is 1. The lowest BCUT2D eigenvalue weighted by atomic mass is 10.2. The first-order chi connectivity index (χ1) is 8.97. The Labute approximate surface area is 123 Å². The maximum atomic E-state index is 11.6. The number of hydrogen-bond acceptors (Lipinski definition) is 3. The minimum absolute atomic E-state index is 0.0647. The molecule has 0 fully saturated rings. The first-order valence-electron chi connectivity index (χ1n) is 5.73. The summed E-state index contributed by atoms with van der Waals surface area (Å²) in [5.74, 6) is -0.0647. The summed E-state index contributed by atoms with van der Waals surface area (Å²) in [6.07, 6.45) is -0.452. The van der Waals surface area contributed by atoms with Crippen molar-refractivity contribution in [2.45, 2.75) is 19.8 Å². The minimum Gasteiger partial charge on any atom is -0.354 e. The number of benzene rings is 1. The molecule has 0 radical (unpaired) electrons. The number of nitrogens with zero attached hydrogens (tertiary/aromatic N) is 1. The average molecular weight is 306 g/mol. The zero-order valence-corrected chi connectivity index (χ0v) is 12.7. The molecule has 0 aliphatic heterocycles. The number of carbonyl (C=O) groups excluding carboxylic acids is 1. The van der Waals surface area contributed by atoms with Crippen LogP contribution in [0.3, 0.4) is 0 Å². The summed E-state index contributed by atoms with van der Waals surface area (Å²) in [6, 6.07) is 5.29. The third kappa shape index (κ3) is 4.99. The van der Waals surface area contributed by atoms with Gasteiger partial charge in [-0.3, -0.25) is 4.79 Å². The van der Waals surface area contributed by atoms with Crippen molar-refractivity contribution in [3.63, 3.8) is 0 Å². The molecular weight excluding hydrogens is 289 g/mol. The number of halogens is 2. The van der Waals surface area contributed by atoms with Crippen LogP contribution in [0.4, 0.5) is 0 Å². The van der Waals surface area contributed by atoms with Gasteiger partial charge in [0.2, 0.25) is 5.91 Å². The summed E-state index contributed by atoms with van der Waals surface area (Å²) in [6.45, 7) is 2.28. The lowest BCUT2D eigenvalue weighted by Gasteiger charge is -2.25. The summed E-state index contributed by atoms with van der Waals surface area (Å²) in [7, 11) is 3.07. The van der Waals surface area contributed by atoms with Gasteiger partial charge in [-0.1, -0.05) is 29.3 Å². The van der Waals surface area contributed by atoms with Gasteiger partial charge in [0.05, 0.1) is 16.6 Å². The Balaban J connectivity index is 2.77. The summed E-state index contributed by atoms with van der Waals surface area (Å²) < 4.78 is 10.2. The zero-order valence-electron chi connectivity index (χ0n) is 11.2. The van der Waals surface area contributed by atoms with Gasteiger partial charge in [-0.05, 0) is 17.7 Å². The standard InChI is InChI=1S/C13H17Cl2NO3/c1-9(17)16(8-13(18-2)19-3)7-10-4-5-11(14)12(15)6-10/h4-6,13H,7-8H2,1-3H3. The fraction of sp³-hybridized carbons (Fsp3) is 0.462. The minimum atomic E-state index is -0.452. The van der Waals surface area contributed by atoms with E-state index in [1.54, 1.807) is 17.0 Å². The molecule has 0 atom stereocenters. The fourth-order valence-corrected chi connectivity index (χ4v) is 1.91. The molecule has 0 spiro atoms. The number of rotatable bonds is 6. The van der Waals surface area contributed by atoms with E-state index in [2.05, 4.69) is 0 Å². The van der Waals surface area contributed by atoms with Gasteiger partial charge in [-0.25, -0.2) is 0 Å². The van der Waals surface area contributed by atoms with Crippen molar-refractivity contribution in [3.8, 4) is 0 Å². The summed E-state index contributed by atoms with van der Waals surface area (Å²) in [5, 5.41) is 0.962. The van der Waals surface area contributed by atoms with E-state index in [1.807, 2.05) is 6.07 Å². The molecule has 0 saturated heterocycles. The highest BCUT2D eigenvalue weighted by atomic mass is 35.5. The topological polar surface area (TPSA) is 38.8 Å². The lowest BCUT2D eigenvalue weighted by Crippen LogP contribution is -2.37. The number of methoxy groups -OCH3 is 2. The molecule has 106 valence electrons. The molecule has 6 heteroatoms. The van der Waals surface area contributed by atoms with Crippen LogP contribution >= 0.6 is 23.2 Å². The van der Waals surface area contributed by atoms with Gasteiger partial charge in [-0.15, -0.1) is 0 Å². The van der Waals surface area contributed by atoms with E-state index in [0.717, 1.165) is 5.56 Å². The highest BCUT2D eigenvalue weighted by molar-refractivity contribution is 6.42. The first-order valence-corrected chi connectivity index (χ1v) is 6.48. The van der Waals surface area contributed by atoms with Crippen LogP contribution in [0.1, 0.15) is 12.5 Å². The monoisotopic (exact) mass is 305 g/mol. The van der Waals surface area contributed by atoms with Crippen LogP contribution < -0.4 is 0 Å². The molecule has 0 saturated carbocycles. The Morgan fingerprint density at radius 2 is 1.89 bits per heavy atom. The Morgan fingerprint density at radius 1 is 1.26 bits per heavy atom. The summed E-state index contributed by atoms with van der Waals surface area (Å²) in [4.78, 5) is 13.2. The van der Waals surface area contributed by atoms with Crippen LogP contribution in [0.5, 0.6) is 0 Å². The quantitative estimate of drug-likeness (QED) is 0.759. The highest BCUT2D eigenvalue weighted by Gasteiger charge is 2.16. The van der Waals surface area contributed by atoms with Gasteiger partial charge in [0.1, 0.15) is 0 Å². The van der Waals surface area contributed by atoms with Crippen molar-refractivity contribution >= 4 is 29.1 Å². The van der Waals surface area contributed by atoms with E-state index in [9.17, 15) is 4.79 Å². The van der Waals surface area contributed by atoms with Gasteiger partial charge < -0.3 is 14.4 Å². The highest BCUT2D eigenvalue weighted by Crippen LogP contribution is 2.23. The van der Waals surface area contributed by atoms with Gasteiger partial charge in [0, 0.05) is 27.7 Å². The van der Waals surface area contributed by atoms with Crippen molar-refractivity contribution in [2.75, 3.05) is 20.8 Å². The van der Waals surface area contributed by atoms with Gasteiger partial charge >= 0.3 is 0 Å². The van der Waals surface area contributed by atoms with E-state index in [0.29, 0.717) is 23.1 Å². The molecule has 19 heavy (non-hydrogen) atoms. The molecule has 0 unspecified atom stereocenters. The first kappa shape index (κ1) is 16.2. The van der Waals surface area contributed by atoms with Gasteiger partial charge in [0.25, 0.3) is 0 Å². The van der Waals surface area contributed by atoms with Gasteiger partial charge in [0.15, 0.2) is 6.29 Å². The predicted molar refractivity (Wildman–Crippen MR) is 75.4 cm³/mol. The van der Waals surface area contributed by atoms with Crippen molar-refractivity contribution < 1.29 is 14.3 Å². The lowest BCUT2D eigenvalue weighted by molar-refractivity contribution is -0.144. The van der Waals surface area contributed by atoms with Crippen LogP contribution in [0.25, 0.3) is 0 Å². The summed E-state index contributed by atoms with van der Waals surface area (Å²) in [5.41, 5.74) is 0.899. The molecule has 0 heterocycles. The van der Waals surface area contributed by atoms with Crippen LogP contribution in [-0.4, -0.2) is 37.9 Å². The molecular formula is C13H17Cl2NO3. The predicted octanol–water partition coefficient (Wildman–Crippen LogP) is 2.96. The smallest absolute Gasteiger partial charge is 0.219 e. The largest absolute Gasteiger partial charge is 0.354 e. The molecule has 1 aromatic carbocycles. The van der Waals surface area contributed by atoms with Gasteiger partial charge in [-0.2, -0.15) is 0 Å². The Bertz CT molecular complexity index is 436. The van der Waals surface area contributed by atoms with Crippen LogP contribution in [-0.2, 0) is 20.8 Å². The second-order valence-corrected chi connectivity index (χ2v) is 4.86. The van der Waals surface area contributed by atoms with E-state index in [4.69, 9.17) is 32.7 Å². The SMILES string of the molecule is COC(CN(Cc1ccc(Cl)c(Cl)c1)C(C)=O)OC. The van der Waals surface area contributed by atoms with E-state index >= 15 is 0 Å². The summed E-state index contributed by atoms with van der Waals surface area (Å²) >= 11 is 11.8. The third-order valence-corrected chi connectivity index (χ3v) is 3.44. The van der Waals surface area contributed by atoms with E-state index < -0.39 is 6.29 Å². The Kier molecular flexibility index (Phi) is 6.58. The third-order valence-electron chi connectivity index (χ3n) is 2.70. The molecule has 1 amide bonds. The molecule has 0 aliphatic rings. The zero-order chi connectivity index (χ0) is 14.4. The number of amides is 1. The molecule has 4 nitrogen and oxygen atoms in total. The second-order valence-electron chi connectivity index (χ2n) is 4.05. The van der Waals surface area contributed by atoms with Crippen LogP contribution in [0.15, 0.2) is 18.2 Å². The van der Waals surface area contributed by atoms with Crippen molar-refractivity contribution in [2.24, 2.45) is 0 Å². The Hall–Kier alpha value is -0.810. The maximum absolute atomic E-state index is 11.6. The normalized spacial score (nSPS) is 10.8. The fourth-order valence-electron chi connectivity index (χ4n) is 1.59. The Morgan fingerprint density at radius 3 is 2.37 bits per heavy atom. The van der Waals surface area contributed by atoms with Crippen LogP contribution in [0.2, 0.25) is 10.0 Å². The molecule has 0 N–H and O–H groups in total. The molecule has 1 aromatic rings. The van der Waals surface area contributed by atoms with E-state index in [1.165, 1.54) is 21.1 Å². The van der Waals surface area contributed by atoms with E-state index in [-0.39, 0.29) is 5.91 Å². The molecule has 0 bridgehead atoms. The number of ether oxygens (including phenoxy) is 2. The van der Waals surface area contributed by atoms with Crippen molar-refractivity contribution in [1.29, 1.82) is 0 Å². The maximum Gasteiger partial charge on any atom is 0.219 e. The van der Waals surface area contributed by atoms with Crippen molar-refractivity contribution in [1.82, 2.24) is 4.90 Å². The molecule has 1 rings (SSSR count). The average Bonchev–Trinajstić information content (AvgIpc) is 2.38.